The highest BCUT2D eigenvalue weighted by Gasteiger charge is 2.13. The molecule has 3 aromatic rings. The molecule has 0 unspecified atom stereocenters. The van der Waals surface area contributed by atoms with Crippen LogP contribution >= 0.6 is 0 Å². The summed E-state index contributed by atoms with van der Waals surface area (Å²) in [6.45, 7) is 6.31. The van der Waals surface area contributed by atoms with E-state index in [1.54, 1.807) is 23.3 Å². The third-order valence-corrected chi connectivity index (χ3v) is 3.78. The Bertz CT molecular complexity index is 875. The average molecular weight is 336 g/mol. The standard InChI is InChI=1S/C18H20N6O/c1-12-8-20-14(3)17(22-12)15-5-4-6-16(7-15)18(25)23-13(2)9-24-11-19-10-21-24/h4-8,10-11,13H,9H2,1-3H3,(H,23,25)/t13-/m0/s1. The highest BCUT2D eigenvalue weighted by molar-refractivity contribution is 5.95. The molecule has 1 aromatic carbocycles. The van der Waals surface area contributed by atoms with Crippen molar-refractivity contribution < 1.29 is 4.79 Å². The summed E-state index contributed by atoms with van der Waals surface area (Å²) in [4.78, 5) is 25.3. The van der Waals surface area contributed by atoms with Gasteiger partial charge in [0, 0.05) is 23.4 Å². The van der Waals surface area contributed by atoms with Gasteiger partial charge in [0.1, 0.15) is 12.7 Å². The van der Waals surface area contributed by atoms with Crippen LogP contribution in [0.2, 0.25) is 0 Å². The van der Waals surface area contributed by atoms with Crippen LogP contribution in [-0.2, 0) is 6.54 Å². The van der Waals surface area contributed by atoms with E-state index in [1.165, 1.54) is 6.33 Å². The van der Waals surface area contributed by atoms with Gasteiger partial charge in [-0.05, 0) is 32.9 Å². The number of nitrogens with one attached hydrogen (secondary N) is 1. The molecule has 0 fully saturated rings. The molecule has 2 aromatic heterocycles. The third kappa shape index (κ3) is 4.06. The van der Waals surface area contributed by atoms with Gasteiger partial charge in [-0.3, -0.25) is 14.5 Å². The van der Waals surface area contributed by atoms with Gasteiger partial charge in [-0.2, -0.15) is 5.10 Å². The number of hydrogen-bond donors (Lipinski definition) is 1. The molecule has 1 N–H and O–H groups in total. The van der Waals surface area contributed by atoms with E-state index in [2.05, 4.69) is 25.4 Å². The summed E-state index contributed by atoms with van der Waals surface area (Å²) >= 11 is 0. The molecular formula is C18H20N6O. The smallest absolute Gasteiger partial charge is 0.251 e. The third-order valence-electron chi connectivity index (χ3n) is 3.78. The fourth-order valence-electron chi connectivity index (χ4n) is 2.58. The predicted octanol–water partition coefficient (Wildman–Crippen LogP) is 2.17. The van der Waals surface area contributed by atoms with Crippen LogP contribution in [0.1, 0.15) is 28.7 Å². The lowest BCUT2D eigenvalue weighted by Gasteiger charge is -2.14. The molecule has 0 aliphatic carbocycles. The molecule has 0 saturated heterocycles. The zero-order valence-corrected chi connectivity index (χ0v) is 14.5. The summed E-state index contributed by atoms with van der Waals surface area (Å²) in [6, 6.07) is 7.36. The van der Waals surface area contributed by atoms with Gasteiger partial charge in [-0.1, -0.05) is 12.1 Å². The lowest BCUT2D eigenvalue weighted by molar-refractivity contribution is 0.0936. The summed E-state index contributed by atoms with van der Waals surface area (Å²) in [7, 11) is 0. The van der Waals surface area contributed by atoms with Crippen LogP contribution < -0.4 is 5.32 Å². The van der Waals surface area contributed by atoms with E-state index in [0.29, 0.717) is 12.1 Å². The number of rotatable bonds is 5. The molecule has 2 heterocycles. The molecule has 1 amide bonds. The van der Waals surface area contributed by atoms with Crippen LogP contribution in [0.25, 0.3) is 11.3 Å². The molecule has 0 radical (unpaired) electrons. The molecule has 1 atom stereocenters. The summed E-state index contributed by atoms with van der Waals surface area (Å²) in [5.74, 6) is -0.132. The van der Waals surface area contributed by atoms with Gasteiger partial charge in [-0.25, -0.2) is 9.97 Å². The zero-order valence-electron chi connectivity index (χ0n) is 14.5. The Kier molecular flexibility index (Phi) is 4.83. The molecule has 7 nitrogen and oxygen atoms in total. The summed E-state index contributed by atoms with van der Waals surface area (Å²) in [5, 5.41) is 7.02. The Morgan fingerprint density at radius 1 is 1.32 bits per heavy atom. The molecule has 0 aliphatic rings. The van der Waals surface area contributed by atoms with E-state index < -0.39 is 0 Å². The average Bonchev–Trinajstić information content (AvgIpc) is 3.10. The van der Waals surface area contributed by atoms with Crippen molar-refractivity contribution in [2.24, 2.45) is 0 Å². The lowest BCUT2D eigenvalue weighted by atomic mass is 10.1. The van der Waals surface area contributed by atoms with Crippen LogP contribution in [0.3, 0.4) is 0 Å². The van der Waals surface area contributed by atoms with E-state index in [-0.39, 0.29) is 11.9 Å². The largest absolute Gasteiger partial charge is 0.348 e. The molecule has 0 bridgehead atoms. The van der Waals surface area contributed by atoms with Crippen molar-refractivity contribution >= 4 is 5.91 Å². The maximum atomic E-state index is 12.5. The number of amides is 1. The minimum atomic E-state index is -0.132. The second kappa shape index (κ2) is 7.21. The molecule has 3 rings (SSSR count). The van der Waals surface area contributed by atoms with Gasteiger partial charge in [0.15, 0.2) is 0 Å². The number of hydrogen-bond acceptors (Lipinski definition) is 5. The topological polar surface area (TPSA) is 85.6 Å². The van der Waals surface area contributed by atoms with Crippen molar-refractivity contribution in [2.75, 3.05) is 0 Å². The zero-order chi connectivity index (χ0) is 17.8. The predicted molar refractivity (Wildman–Crippen MR) is 93.9 cm³/mol. The monoisotopic (exact) mass is 336 g/mol. The Morgan fingerprint density at radius 3 is 2.92 bits per heavy atom. The minimum Gasteiger partial charge on any atom is -0.348 e. The number of carbonyl (C=O) groups is 1. The van der Waals surface area contributed by atoms with E-state index in [1.807, 2.05) is 39.0 Å². The van der Waals surface area contributed by atoms with Crippen LogP contribution in [-0.4, -0.2) is 36.7 Å². The van der Waals surface area contributed by atoms with E-state index in [9.17, 15) is 4.79 Å². The summed E-state index contributed by atoms with van der Waals surface area (Å²) in [5.41, 5.74) is 3.95. The van der Waals surface area contributed by atoms with Gasteiger partial charge in [0.2, 0.25) is 0 Å². The van der Waals surface area contributed by atoms with Gasteiger partial charge < -0.3 is 5.32 Å². The van der Waals surface area contributed by atoms with Crippen molar-refractivity contribution in [3.05, 3.63) is 60.1 Å². The first-order chi connectivity index (χ1) is 12.0. The molecule has 0 spiro atoms. The number of benzene rings is 1. The Morgan fingerprint density at radius 2 is 2.16 bits per heavy atom. The Hall–Kier alpha value is -3.09. The highest BCUT2D eigenvalue weighted by Crippen LogP contribution is 2.21. The molecule has 128 valence electrons. The van der Waals surface area contributed by atoms with Crippen molar-refractivity contribution in [3.63, 3.8) is 0 Å². The molecule has 0 saturated carbocycles. The van der Waals surface area contributed by atoms with Crippen LogP contribution in [0.4, 0.5) is 0 Å². The summed E-state index contributed by atoms with van der Waals surface area (Å²) < 4.78 is 1.69. The molecule has 0 aliphatic heterocycles. The van der Waals surface area contributed by atoms with E-state index in [4.69, 9.17) is 0 Å². The van der Waals surface area contributed by atoms with Gasteiger partial charge in [0.05, 0.1) is 23.6 Å². The first-order valence-corrected chi connectivity index (χ1v) is 8.07. The maximum Gasteiger partial charge on any atom is 0.251 e. The fraction of sp³-hybridized carbons (Fsp3) is 0.278. The number of carbonyl (C=O) groups excluding carboxylic acids is 1. The van der Waals surface area contributed by atoms with Crippen LogP contribution in [0, 0.1) is 13.8 Å². The van der Waals surface area contributed by atoms with Crippen molar-refractivity contribution in [2.45, 2.75) is 33.4 Å². The maximum absolute atomic E-state index is 12.5. The quantitative estimate of drug-likeness (QED) is 0.772. The number of aryl methyl sites for hydroxylation is 2. The minimum absolute atomic E-state index is 0.0710. The van der Waals surface area contributed by atoms with Gasteiger partial charge in [0.25, 0.3) is 5.91 Å². The number of aromatic nitrogens is 5. The molecule has 25 heavy (non-hydrogen) atoms. The first-order valence-electron chi connectivity index (χ1n) is 8.07. The summed E-state index contributed by atoms with van der Waals surface area (Å²) in [6.07, 6.45) is 4.84. The number of nitrogens with zero attached hydrogens (tertiary/aromatic N) is 5. The van der Waals surface area contributed by atoms with Crippen molar-refractivity contribution in [1.82, 2.24) is 30.0 Å². The fourth-order valence-corrected chi connectivity index (χ4v) is 2.58. The normalized spacial score (nSPS) is 12.0. The van der Waals surface area contributed by atoms with E-state index in [0.717, 1.165) is 22.6 Å². The molecular weight excluding hydrogens is 316 g/mol. The van der Waals surface area contributed by atoms with Crippen molar-refractivity contribution in [1.29, 1.82) is 0 Å². The van der Waals surface area contributed by atoms with Crippen LogP contribution in [0.15, 0.2) is 43.1 Å². The van der Waals surface area contributed by atoms with Gasteiger partial charge in [-0.15, -0.1) is 0 Å². The molecule has 7 heteroatoms. The lowest BCUT2D eigenvalue weighted by Crippen LogP contribution is -2.35. The second-order valence-corrected chi connectivity index (χ2v) is 6.02. The van der Waals surface area contributed by atoms with Gasteiger partial charge >= 0.3 is 0 Å². The SMILES string of the molecule is Cc1cnc(C)c(-c2cccc(C(=O)N[C@@H](C)Cn3cncn3)c2)n1. The second-order valence-electron chi connectivity index (χ2n) is 6.02. The van der Waals surface area contributed by atoms with E-state index >= 15 is 0 Å². The Balaban J connectivity index is 1.76. The Labute approximate surface area is 146 Å². The highest BCUT2D eigenvalue weighted by atomic mass is 16.1. The van der Waals surface area contributed by atoms with Crippen molar-refractivity contribution in [3.8, 4) is 11.3 Å². The van der Waals surface area contributed by atoms with Crippen LogP contribution in [0.5, 0.6) is 0 Å². The first kappa shape index (κ1) is 16.8.